The van der Waals surface area contributed by atoms with Crippen LogP contribution in [0.2, 0.25) is 0 Å². The zero-order valence-corrected chi connectivity index (χ0v) is 13.6. The maximum atomic E-state index is 5.73. The normalized spacial score (nSPS) is 31.4. The average molecular weight is 283 g/mol. The summed E-state index contributed by atoms with van der Waals surface area (Å²) in [5.41, 5.74) is 0. The minimum absolute atomic E-state index is 0.544. The molecule has 0 aromatic rings. The molecule has 0 spiro atoms. The lowest BCUT2D eigenvalue weighted by Crippen LogP contribution is -2.51. The number of hydrogen-bond donors (Lipinski definition) is 1. The molecule has 0 saturated carbocycles. The number of nitrogens with one attached hydrogen (secondary N) is 1. The molecule has 4 nitrogen and oxygen atoms in total. The van der Waals surface area contributed by atoms with Gasteiger partial charge in [0.1, 0.15) is 0 Å². The lowest BCUT2D eigenvalue weighted by molar-refractivity contribution is 0.0989. The van der Waals surface area contributed by atoms with Crippen molar-refractivity contribution in [2.75, 3.05) is 47.4 Å². The van der Waals surface area contributed by atoms with Gasteiger partial charge < -0.3 is 19.9 Å². The van der Waals surface area contributed by atoms with Gasteiger partial charge in [-0.15, -0.1) is 0 Å². The van der Waals surface area contributed by atoms with E-state index in [-0.39, 0.29) is 0 Å². The van der Waals surface area contributed by atoms with Crippen LogP contribution in [0.5, 0.6) is 0 Å². The van der Waals surface area contributed by atoms with Crippen LogP contribution >= 0.6 is 0 Å². The Morgan fingerprint density at radius 2 is 2.10 bits per heavy atom. The van der Waals surface area contributed by atoms with Gasteiger partial charge in [-0.05, 0) is 72.8 Å². The van der Waals surface area contributed by atoms with E-state index in [1.54, 1.807) is 0 Å². The van der Waals surface area contributed by atoms with Crippen LogP contribution in [0.4, 0.5) is 0 Å². The van der Waals surface area contributed by atoms with E-state index in [2.05, 4.69) is 36.3 Å². The highest BCUT2D eigenvalue weighted by Gasteiger charge is 2.27. The van der Waals surface area contributed by atoms with Crippen molar-refractivity contribution in [1.29, 1.82) is 0 Å². The molecule has 2 aliphatic heterocycles. The van der Waals surface area contributed by atoms with E-state index < -0.39 is 0 Å². The molecule has 0 aliphatic carbocycles. The van der Waals surface area contributed by atoms with Gasteiger partial charge in [-0.1, -0.05) is 0 Å². The van der Waals surface area contributed by atoms with Crippen molar-refractivity contribution in [2.45, 2.75) is 56.7 Å². The number of hydrogen-bond acceptors (Lipinski definition) is 4. The Balaban J connectivity index is 1.78. The second-order valence-electron chi connectivity index (χ2n) is 6.62. The monoisotopic (exact) mass is 283 g/mol. The number of nitrogens with zero attached hydrogens (tertiary/aromatic N) is 2. The molecule has 2 saturated heterocycles. The van der Waals surface area contributed by atoms with E-state index in [9.17, 15) is 0 Å². The maximum Gasteiger partial charge on any atom is 0.0576 e. The third-order valence-electron chi connectivity index (χ3n) is 5.02. The first-order chi connectivity index (χ1) is 9.70. The van der Waals surface area contributed by atoms with Crippen LogP contribution in [0.15, 0.2) is 0 Å². The molecule has 4 heteroatoms. The Hall–Kier alpha value is -0.160. The smallest absolute Gasteiger partial charge is 0.0576 e. The Morgan fingerprint density at radius 1 is 1.25 bits per heavy atom. The van der Waals surface area contributed by atoms with Gasteiger partial charge in [-0.2, -0.15) is 0 Å². The van der Waals surface area contributed by atoms with Crippen molar-refractivity contribution in [1.82, 2.24) is 15.1 Å². The molecule has 2 heterocycles. The van der Waals surface area contributed by atoms with Crippen LogP contribution in [-0.4, -0.2) is 75.4 Å². The van der Waals surface area contributed by atoms with Crippen LogP contribution < -0.4 is 5.32 Å². The summed E-state index contributed by atoms with van der Waals surface area (Å²) in [5, 5.41) is 3.57. The molecule has 0 amide bonds. The summed E-state index contributed by atoms with van der Waals surface area (Å²) in [5.74, 6) is 0. The minimum Gasteiger partial charge on any atom is -0.378 e. The third kappa shape index (κ3) is 4.69. The van der Waals surface area contributed by atoms with Gasteiger partial charge in [0.25, 0.3) is 0 Å². The van der Waals surface area contributed by atoms with Gasteiger partial charge in [0.15, 0.2) is 0 Å². The second kappa shape index (κ2) is 8.32. The summed E-state index contributed by atoms with van der Waals surface area (Å²) < 4.78 is 5.73. The number of likely N-dealkylation sites (N-methyl/N-ethyl adjacent to an activating group) is 3. The molecule has 3 atom stereocenters. The summed E-state index contributed by atoms with van der Waals surface area (Å²) in [7, 11) is 6.66. The van der Waals surface area contributed by atoms with E-state index >= 15 is 0 Å². The molecule has 0 radical (unpaired) electrons. The van der Waals surface area contributed by atoms with Gasteiger partial charge in [0.05, 0.1) is 6.10 Å². The number of rotatable bonds is 6. The van der Waals surface area contributed by atoms with E-state index in [1.165, 1.54) is 58.2 Å². The predicted octanol–water partition coefficient (Wildman–Crippen LogP) is 1.56. The van der Waals surface area contributed by atoms with E-state index in [1.807, 2.05) is 0 Å². The molecule has 1 N–H and O–H groups in total. The van der Waals surface area contributed by atoms with Crippen LogP contribution in [0.1, 0.15) is 38.5 Å². The standard InChI is InChI=1S/C16H33N3O/c1-17-15(9-4-7-14-8-5-12-20-14)16-13-18(2)10-6-11-19(16)3/h14-17H,4-13H2,1-3H3. The molecule has 118 valence electrons. The van der Waals surface area contributed by atoms with Crippen LogP contribution in [0.3, 0.4) is 0 Å². The zero-order chi connectivity index (χ0) is 14.4. The van der Waals surface area contributed by atoms with Crippen LogP contribution in [0.25, 0.3) is 0 Å². The Bertz CT molecular complexity index is 268. The fraction of sp³-hybridized carbons (Fsp3) is 1.00. The molecular formula is C16H33N3O. The van der Waals surface area contributed by atoms with Crippen molar-refractivity contribution < 1.29 is 4.74 Å². The van der Waals surface area contributed by atoms with Crippen LogP contribution in [-0.2, 0) is 4.74 Å². The molecule has 2 rings (SSSR count). The van der Waals surface area contributed by atoms with E-state index in [4.69, 9.17) is 4.74 Å². The first-order valence-corrected chi connectivity index (χ1v) is 8.38. The van der Waals surface area contributed by atoms with Crippen molar-refractivity contribution in [3.05, 3.63) is 0 Å². The fourth-order valence-corrected chi connectivity index (χ4v) is 3.71. The van der Waals surface area contributed by atoms with E-state index in [0.29, 0.717) is 18.2 Å². The zero-order valence-electron chi connectivity index (χ0n) is 13.6. The van der Waals surface area contributed by atoms with E-state index in [0.717, 1.165) is 6.61 Å². The largest absolute Gasteiger partial charge is 0.378 e. The van der Waals surface area contributed by atoms with Crippen molar-refractivity contribution >= 4 is 0 Å². The Morgan fingerprint density at radius 3 is 2.80 bits per heavy atom. The fourth-order valence-electron chi connectivity index (χ4n) is 3.71. The molecular weight excluding hydrogens is 250 g/mol. The summed E-state index contributed by atoms with van der Waals surface area (Å²) >= 11 is 0. The van der Waals surface area contributed by atoms with Gasteiger partial charge in [-0.25, -0.2) is 0 Å². The second-order valence-corrected chi connectivity index (χ2v) is 6.62. The Kier molecular flexibility index (Phi) is 6.75. The maximum absolute atomic E-state index is 5.73. The van der Waals surface area contributed by atoms with Gasteiger partial charge >= 0.3 is 0 Å². The summed E-state index contributed by atoms with van der Waals surface area (Å²) in [6, 6.07) is 1.24. The molecule has 20 heavy (non-hydrogen) atoms. The highest BCUT2D eigenvalue weighted by Crippen LogP contribution is 2.20. The van der Waals surface area contributed by atoms with Crippen LogP contribution in [0, 0.1) is 0 Å². The first kappa shape index (κ1) is 16.2. The summed E-state index contributed by atoms with van der Waals surface area (Å²) in [4.78, 5) is 5.04. The third-order valence-corrected chi connectivity index (χ3v) is 5.02. The first-order valence-electron chi connectivity index (χ1n) is 8.38. The highest BCUT2D eigenvalue weighted by molar-refractivity contribution is 4.87. The van der Waals surface area contributed by atoms with Gasteiger partial charge in [0.2, 0.25) is 0 Å². The molecule has 0 aromatic carbocycles. The SMILES string of the molecule is CNC(CCCC1CCCO1)C1CN(C)CCCN1C. The topological polar surface area (TPSA) is 27.7 Å². The molecule has 0 aromatic heterocycles. The minimum atomic E-state index is 0.544. The molecule has 0 bridgehead atoms. The van der Waals surface area contributed by atoms with Crippen molar-refractivity contribution in [2.24, 2.45) is 0 Å². The predicted molar refractivity (Wildman–Crippen MR) is 84.2 cm³/mol. The van der Waals surface area contributed by atoms with Gasteiger partial charge in [-0.3, -0.25) is 0 Å². The lowest BCUT2D eigenvalue weighted by Gasteiger charge is -2.34. The number of ether oxygens (including phenoxy) is 1. The molecule has 2 fully saturated rings. The van der Waals surface area contributed by atoms with Crippen molar-refractivity contribution in [3.63, 3.8) is 0 Å². The summed E-state index contributed by atoms with van der Waals surface area (Å²) in [6.45, 7) is 4.62. The quantitative estimate of drug-likeness (QED) is 0.801. The lowest BCUT2D eigenvalue weighted by atomic mass is 9.98. The molecule has 3 unspecified atom stereocenters. The van der Waals surface area contributed by atoms with Gasteiger partial charge in [0, 0.05) is 25.2 Å². The Labute approximate surface area is 124 Å². The highest BCUT2D eigenvalue weighted by atomic mass is 16.5. The molecule has 2 aliphatic rings. The van der Waals surface area contributed by atoms with Crippen molar-refractivity contribution in [3.8, 4) is 0 Å². The summed E-state index contributed by atoms with van der Waals surface area (Å²) in [6.07, 6.45) is 8.15. The average Bonchev–Trinajstić information content (AvgIpc) is 2.88.